The van der Waals surface area contributed by atoms with Gasteiger partial charge in [0.2, 0.25) is 0 Å². The highest BCUT2D eigenvalue weighted by molar-refractivity contribution is 5.99. The Kier molecular flexibility index (Phi) is 7.61. The van der Waals surface area contributed by atoms with Gasteiger partial charge in [-0.25, -0.2) is 0 Å². The van der Waals surface area contributed by atoms with Crippen LogP contribution in [0.3, 0.4) is 0 Å². The second-order valence-corrected chi connectivity index (χ2v) is 4.94. The first-order valence-corrected chi connectivity index (χ1v) is 7.56. The topological polar surface area (TPSA) is 67.6 Å². The lowest BCUT2D eigenvalue weighted by Crippen LogP contribution is -2.27. The van der Waals surface area contributed by atoms with Crippen molar-refractivity contribution in [3.8, 4) is 5.75 Å². The van der Waals surface area contributed by atoms with E-state index in [2.05, 4.69) is 24.1 Å². The van der Waals surface area contributed by atoms with Crippen LogP contribution in [-0.2, 0) is 0 Å². The molecule has 5 heteroatoms. The number of hydrogen-bond acceptors (Lipinski definition) is 4. The Labute approximate surface area is 127 Å². The first kappa shape index (κ1) is 17.3. The summed E-state index contributed by atoms with van der Waals surface area (Å²) < 4.78 is 5.07. The molecule has 0 aliphatic carbocycles. The number of methoxy groups -OCH3 is 1. The van der Waals surface area contributed by atoms with Crippen LogP contribution in [0.4, 0.5) is 5.69 Å². The van der Waals surface area contributed by atoms with Crippen molar-refractivity contribution in [2.24, 2.45) is 0 Å². The molecule has 0 radical (unpaired) electrons. The van der Waals surface area contributed by atoms with Gasteiger partial charge in [0.15, 0.2) is 0 Å². The Hall–Kier alpha value is -1.75. The lowest BCUT2D eigenvalue weighted by molar-refractivity contribution is 0.0953. The van der Waals surface area contributed by atoms with Gasteiger partial charge >= 0.3 is 0 Å². The monoisotopic (exact) mass is 293 g/mol. The molecule has 0 atom stereocenters. The Morgan fingerprint density at radius 3 is 2.57 bits per heavy atom. The molecule has 0 bridgehead atoms. The third-order valence-corrected chi connectivity index (χ3v) is 3.58. The van der Waals surface area contributed by atoms with E-state index in [-0.39, 0.29) is 5.91 Å². The number of anilines is 1. The molecule has 0 aliphatic heterocycles. The maximum absolute atomic E-state index is 12.0. The van der Waals surface area contributed by atoms with Crippen LogP contribution < -0.4 is 15.8 Å². The van der Waals surface area contributed by atoms with Gasteiger partial charge < -0.3 is 20.7 Å². The van der Waals surface area contributed by atoms with E-state index in [1.54, 1.807) is 25.3 Å². The van der Waals surface area contributed by atoms with Gasteiger partial charge in [0, 0.05) is 18.3 Å². The molecule has 1 aromatic rings. The predicted molar refractivity (Wildman–Crippen MR) is 86.8 cm³/mol. The number of rotatable bonds is 9. The molecule has 0 spiro atoms. The van der Waals surface area contributed by atoms with E-state index in [0.717, 1.165) is 32.5 Å². The summed E-state index contributed by atoms with van der Waals surface area (Å²) in [4.78, 5) is 14.4. The number of nitrogens with two attached hydrogens (primary N) is 1. The molecule has 21 heavy (non-hydrogen) atoms. The van der Waals surface area contributed by atoms with E-state index in [1.165, 1.54) is 0 Å². The smallest absolute Gasteiger partial charge is 0.253 e. The molecule has 0 aliphatic rings. The summed E-state index contributed by atoms with van der Waals surface area (Å²) in [6.45, 7) is 8.23. The molecule has 1 rings (SSSR count). The average molecular weight is 293 g/mol. The molecular weight excluding hydrogens is 266 g/mol. The summed E-state index contributed by atoms with van der Waals surface area (Å²) in [6, 6.07) is 5.10. The van der Waals surface area contributed by atoms with Gasteiger partial charge in [-0.05, 0) is 44.6 Å². The van der Waals surface area contributed by atoms with E-state index in [1.807, 2.05) is 0 Å². The summed E-state index contributed by atoms with van der Waals surface area (Å²) in [5.74, 6) is 0.529. The molecular formula is C16H27N3O2. The molecule has 118 valence electrons. The molecule has 1 amide bonds. The van der Waals surface area contributed by atoms with Gasteiger partial charge in [0.1, 0.15) is 5.75 Å². The van der Waals surface area contributed by atoms with Crippen LogP contribution >= 0.6 is 0 Å². The number of unbranched alkanes of at least 4 members (excludes halogenated alkanes) is 1. The van der Waals surface area contributed by atoms with Crippen molar-refractivity contribution in [3.63, 3.8) is 0 Å². The lowest BCUT2D eigenvalue weighted by Gasteiger charge is -2.17. The Balaban J connectivity index is 2.34. The largest absolute Gasteiger partial charge is 0.497 e. The quantitative estimate of drug-likeness (QED) is 0.540. The Bertz CT molecular complexity index is 445. The van der Waals surface area contributed by atoms with E-state index in [9.17, 15) is 4.79 Å². The van der Waals surface area contributed by atoms with Crippen molar-refractivity contribution in [2.75, 3.05) is 39.0 Å². The number of nitrogen functional groups attached to an aromatic ring is 1. The van der Waals surface area contributed by atoms with Crippen LogP contribution in [0.15, 0.2) is 18.2 Å². The molecule has 1 aromatic carbocycles. The summed E-state index contributed by atoms with van der Waals surface area (Å²) in [7, 11) is 1.57. The minimum atomic E-state index is -0.127. The number of benzene rings is 1. The first-order valence-electron chi connectivity index (χ1n) is 7.56. The van der Waals surface area contributed by atoms with E-state index in [0.29, 0.717) is 23.5 Å². The highest BCUT2D eigenvalue weighted by atomic mass is 16.5. The van der Waals surface area contributed by atoms with Crippen LogP contribution in [0.2, 0.25) is 0 Å². The van der Waals surface area contributed by atoms with Crippen LogP contribution in [0.25, 0.3) is 0 Å². The molecule has 0 heterocycles. The maximum Gasteiger partial charge on any atom is 0.253 e. The summed E-state index contributed by atoms with van der Waals surface area (Å²) in [5.41, 5.74) is 6.80. The molecule has 3 N–H and O–H groups in total. The zero-order chi connectivity index (χ0) is 15.7. The molecule has 0 saturated heterocycles. The normalized spacial score (nSPS) is 10.7. The van der Waals surface area contributed by atoms with Gasteiger partial charge in [-0.15, -0.1) is 0 Å². The second-order valence-electron chi connectivity index (χ2n) is 4.94. The van der Waals surface area contributed by atoms with E-state index < -0.39 is 0 Å². The third kappa shape index (κ3) is 5.63. The number of amides is 1. The SMILES string of the molecule is CCN(CC)CCCCNC(=O)c1ccc(OC)cc1N. The van der Waals surface area contributed by atoms with Crippen molar-refractivity contribution < 1.29 is 9.53 Å². The number of hydrogen-bond donors (Lipinski definition) is 2. The van der Waals surface area contributed by atoms with Crippen molar-refractivity contribution >= 4 is 11.6 Å². The average Bonchev–Trinajstić information content (AvgIpc) is 2.50. The Morgan fingerprint density at radius 1 is 1.29 bits per heavy atom. The predicted octanol–water partition coefficient (Wildman–Crippen LogP) is 2.13. The van der Waals surface area contributed by atoms with Gasteiger partial charge in [-0.1, -0.05) is 13.8 Å². The number of nitrogens with one attached hydrogen (secondary N) is 1. The van der Waals surface area contributed by atoms with Crippen LogP contribution in [0.5, 0.6) is 5.75 Å². The van der Waals surface area contributed by atoms with Crippen LogP contribution in [0.1, 0.15) is 37.0 Å². The zero-order valence-corrected chi connectivity index (χ0v) is 13.3. The van der Waals surface area contributed by atoms with Gasteiger partial charge in [-0.3, -0.25) is 4.79 Å². The molecule has 0 aromatic heterocycles. The molecule has 0 fully saturated rings. The fraction of sp³-hybridized carbons (Fsp3) is 0.562. The fourth-order valence-electron chi connectivity index (χ4n) is 2.17. The highest BCUT2D eigenvalue weighted by Crippen LogP contribution is 2.19. The Morgan fingerprint density at radius 2 is 2.00 bits per heavy atom. The first-order chi connectivity index (χ1) is 10.1. The van der Waals surface area contributed by atoms with Crippen molar-refractivity contribution in [3.05, 3.63) is 23.8 Å². The summed E-state index contributed by atoms with van der Waals surface area (Å²) >= 11 is 0. The number of nitrogens with zero attached hydrogens (tertiary/aromatic N) is 1. The van der Waals surface area contributed by atoms with E-state index >= 15 is 0 Å². The summed E-state index contributed by atoms with van der Waals surface area (Å²) in [6.07, 6.45) is 2.05. The second kappa shape index (κ2) is 9.23. The third-order valence-electron chi connectivity index (χ3n) is 3.58. The van der Waals surface area contributed by atoms with Crippen molar-refractivity contribution in [1.29, 1.82) is 0 Å². The highest BCUT2D eigenvalue weighted by Gasteiger charge is 2.09. The van der Waals surface area contributed by atoms with Gasteiger partial charge in [-0.2, -0.15) is 0 Å². The van der Waals surface area contributed by atoms with Gasteiger partial charge in [0.25, 0.3) is 5.91 Å². The minimum Gasteiger partial charge on any atom is -0.497 e. The van der Waals surface area contributed by atoms with Crippen molar-refractivity contribution in [2.45, 2.75) is 26.7 Å². The minimum absolute atomic E-state index is 0.127. The number of ether oxygens (including phenoxy) is 1. The standard InChI is InChI=1S/C16H27N3O2/c1-4-19(5-2)11-7-6-10-18-16(20)14-9-8-13(21-3)12-15(14)17/h8-9,12H,4-7,10-11,17H2,1-3H3,(H,18,20). The number of carbonyl (C=O) groups is 1. The molecule has 0 saturated carbocycles. The molecule has 5 nitrogen and oxygen atoms in total. The fourth-order valence-corrected chi connectivity index (χ4v) is 2.17. The van der Waals surface area contributed by atoms with Gasteiger partial charge in [0.05, 0.1) is 12.7 Å². The van der Waals surface area contributed by atoms with E-state index in [4.69, 9.17) is 10.5 Å². The summed E-state index contributed by atoms with van der Waals surface area (Å²) in [5, 5.41) is 2.91. The zero-order valence-electron chi connectivity index (χ0n) is 13.3. The molecule has 0 unspecified atom stereocenters. The van der Waals surface area contributed by atoms with Crippen molar-refractivity contribution in [1.82, 2.24) is 10.2 Å². The number of carbonyl (C=O) groups excluding carboxylic acids is 1. The maximum atomic E-state index is 12.0. The van der Waals surface area contributed by atoms with Crippen LogP contribution in [-0.4, -0.2) is 44.1 Å². The van der Waals surface area contributed by atoms with Crippen LogP contribution in [0, 0.1) is 0 Å². The lowest BCUT2D eigenvalue weighted by atomic mass is 10.1.